The number of hydrogen-bond acceptors (Lipinski definition) is 15. The van der Waals surface area contributed by atoms with Crippen molar-refractivity contribution < 1.29 is 80.2 Å². The quantitative estimate of drug-likeness (QED) is 0.0169. The molecule has 0 heterocycles. The summed E-state index contributed by atoms with van der Waals surface area (Å²) in [4.78, 5) is 72.8. The first-order valence-corrected chi connectivity index (χ1v) is 40.7. The van der Waals surface area contributed by atoms with Gasteiger partial charge in [-0.3, -0.25) is 37.3 Å². The zero-order valence-corrected chi connectivity index (χ0v) is 63.6. The number of esters is 4. The first-order chi connectivity index (χ1) is 48.7. The molecule has 0 spiro atoms. The van der Waals surface area contributed by atoms with E-state index in [0.717, 1.165) is 173 Å². The highest BCUT2D eigenvalue weighted by Gasteiger charge is 2.30. The molecule has 0 aromatic carbocycles. The fourth-order valence-corrected chi connectivity index (χ4v) is 10.8. The molecular weight excluding hydrogens is 1310 g/mol. The number of ether oxygens (including phenoxy) is 4. The lowest BCUT2D eigenvalue weighted by Gasteiger charge is -2.21. The van der Waals surface area contributed by atoms with Crippen LogP contribution >= 0.6 is 15.6 Å². The van der Waals surface area contributed by atoms with Gasteiger partial charge in [-0.2, -0.15) is 0 Å². The zero-order valence-electron chi connectivity index (χ0n) is 61.8. The largest absolute Gasteiger partial charge is 0.472 e. The van der Waals surface area contributed by atoms with Gasteiger partial charge >= 0.3 is 39.5 Å². The third kappa shape index (κ3) is 71.1. The second-order valence-corrected chi connectivity index (χ2v) is 27.4. The van der Waals surface area contributed by atoms with Crippen LogP contribution in [0.4, 0.5) is 0 Å². The van der Waals surface area contributed by atoms with Crippen LogP contribution in [0.15, 0.2) is 158 Å². The summed E-state index contributed by atoms with van der Waals surface area (Å²) in [6, 6.07) is 0. The lowest BCUT2D eigenvalue weighted by molar-refractivity contribution is -0.161. The molecule has 0 aromatic rings. The minimum absolute atomic E-state index is 0.00297. The van der Waals surface area contributed by atoms with Gasteiger partial charge < -0.3 is 33.8 Å². The van der Waals surface area contributed by atoms with Crippen molar-refractivity contribution in [2.75, 3.05) is 39.6 Å². The van der Waals surface area contributed by atoms with E-state index in [2.05, 4.69) is 174 Å². The van der Waals surface area contributed by atoms with Crippen molar-refractivity contribution in [3.63, 3.8) is 0 Å². The molecule has 5 atom stereocenters. The molecule has 0 saturated heterocycles. The average molecular weight is 1440 g/mol. The second kappa shape index (κ2) is 72.0. The maximum Gasteiger partial charge on any atom is 0.472 e. The van der Waals surface area contributed by atoms with Crippen LogP contribution in [0.1, 0.15) is 272 Å². The van der Waals surface area contributed by atoms with Crippen molar-refractivity contribution in [3.8, 4) is 0 Å². The number of unbranched alkanes of at least 4 members (excludes halogenated alkanes) is 17. The van der Waals surface area contributed by atoms with E-state index in [4.69, 9.17) is 37.0 Å². The summed E-state index contributed by atoms with van der Waals surface area (Å²) in [6.07, 6.45) is 82.5. The van der Waals surface area contributed by atoms with Crippen molar-refractivity contribution >= 4 is 39.5 Å². The van der Waals surface area contributed by atoms with E-state index in [0.29, 0.717) is 32.1 Å². The SMILES string of the molecule is CC/C=C\C/C=C\C/C=C\C/C=C\C/C=C\CCCCCC(=O)OCC(COP(=O)(O)OCC(O)COP(=O)(O)OCC(COC(=O)CCCCCCC/C=C\C/C=C\CCC)OC(=O)CCCCCCC/C=C\CCCC)OC(=O)CCC/C=C\C/C=C\C/C=C\C/C=C\C/C=C\CC. The standard InChI is InChI=1S/C81H132O17P2/c1-5-9-13-17-21-25-29-32-34-36-37-39-40-43-47-50-54-58-62-66-79(84)92-72-77(98-81(86)68-64-60-56-52-48-44-41-38-35-33-30-26-22-18-14-10-6-2)74-96-100(89,90)94-70-75(82)69-93-99(87,88)95-73-76(97-80(85)67-63-59-55-51-45-28-24-20-16-12-8-4)71-91-78(83)65-61-57-53-49-46-42-31-27-23-19-15-11-7-3/h9-10,13-15,19-22,24-27,31-35,37,39,41,43-44,47,52,56,75-77,82H,5-8,11-12,16-18,23,28-30,36,38,40,42,45-46,48-51,53-55,57-74H2,1-4H3,(H,87,88)(H,89,90)/b13-9-,14-10-,19-15-,24-20-,25-21-,26-22-,31-27-,34-32-,35-33-,39-37-,44-41-,47-43-,56-52-. The highest BCUT2D eigenvalue weighted by molar-refractivity contribution is 7.47. The first kappa shape index (κ1) is 94.7. The summed E-state index contributed by atoms with van der Waals surface area (Å²) in [7, 11) is -9.99. The molecule has 100 heavy (non-hydrogen) atoms. The molecule has 0 fully saturated rings. The number of carbonyl (C=O) groups is 4. The average Bonchev–Trinajstić information content (AvgIpc) is 0.930. The van der Waals surface area contributed by atoms with Gasteiger partial charge in [0.25, 0.3) is 0 Å². The van der Waals surface area contributed by atoms with Gasteiger partial charge in [0.2, 0.25) is 0 Å². The molecule has 0 bridgehead atoms. The summed E-state index contributed by atoms with van der Waals surface area (Å²) in [5.74, 6) is -2.32. The summed E-state index contributed by atoms with van der Waals surface area (Å²) >= 11 is 0. The summed E-state index contributed by atoms with van der Waals surface area (Å²) < 4.78 is 68.3. The molecule has 0 aliphatic heterocycles. The fourth-order valence-electron chi connectivity index (χ4n) is 9.24. The molecule has 0 radical (unpaired) electrons. The van der Waals surface area contributed by atoms with Crippen LogP contribution in [0.25, 0.3) is 0 Å². The molecule has 3 N–H and O–H groups in total. The Morgan fingerprint density at radius 3 is 0.900 bits per heavy atom. The number of allylic oxidation sites excluding steroid dienone is 26. The maximum absolute atomic E-state index is 13.1. The number of aliphatic hydroxyl groups excluding tert-OH is 1. The van der Waals surface area contributed by atoms with Crippen LogP contribution in [-0.4, -0.2) is 96.7 Å². The van der Waals surface area contributed by atoms with Crippen LogP contribution in [0.2, 0.25) is 0 Å². The van der Waals surface area contributed by atoms with Crippen LogP contribution < -0.4 is 0 Å². The minimum atomic E-state index is -5.00. The molecule has 0 amide bonds. The van der Waals surface area contributed by atoms with Gasteiger partial charge in [-0.15, -0.1) is 0 Å². The molecule has 5 unspecified atom stereocenters. The highest BCUT2D eigenvalue weighted by Crippen LogP contribution is 2.45. The van der Waals surface area contributed by atoms with Crippen molar-refractivity contribution in [3.05, 3.63) is 158 Å². The summed E-state index contributed by atoms with van der Waals surface area (Å²) in [5.41, 5.74) is 0. The van der Waals surface area contributed by atoms with Crippen molar-refractivity contribution in [1.29, 1.82) is 0 Å². The summed E-state index contributed by atoms with van der Waals surface area (Å²) in [6.45, 7) is 4.38. The van der Waals surface area contributed by atoms with E-state index in [9.17, 15) is 43.2 Å². The Morgan fingerprint density at radius 1 is 0.290 bits per heavy atom. The smallest absolute Gasteiger partial charge is 0.462 e. The van der Waals surface area contributed by atoms with Gasteiger partial charge in [0, 0.05) is 25.7 Å². The van der Waals surface area contributed by atoms with Gasteiger partial charge in [0.05, 0.1) is 26.4 Å². The molecule has 0 aliphatic rings. The van der Waals surface area contributed by atoms with E-state index in [1.807, 2.05) is 12.2 Å². The van der Waals surface area contributed by atoms with E-state index in [-0.39, 0.29) is 25.7 Å². The molecule has 0 saturated carbocycles. The highest BCUT2D eigenvalue weighted by atomic mass is 31.2. The lowest BCUT2D eigenvalue weighted by Crippen LogP contribution is -2.30. The Morgan fingerprint density at radius 2 is 0.550 bits per heavy atom. The van der Waals surface area contributed by atoms with Crippen LogP contribution in [-0.2, 0) is 65.4 Å². The molecule has 0 aromatic heterocycles. The number of phosphoric acid groups is 2. The van der Waals surface area contributed by atoms with Gasteiger partial charge in [0.15, 0.2) is 12.2 Å². The van der Waals surface area contributed by atoms with Gasteiger partial charge in [-0.25, -0.2) is 9.13 Å². The van der Waals surface area contributed by atoms with Crippen molar-refractivity contribution in [2.45, 2.75) is 290 Å². The van der Waals surface area contributed by atoms with Gasteiger partial charge in [0.1, 0.15) is 19.3 Å². The normalized spacial score (nSPS) is 14.8. The predicted molar refractivity (Wildman–Crippen MR) is 408 cm³/mol. The third-order valence-corrected chi connectivity index (χ3v) is 16.8. The molecule has 568 valence electrons. The first-order valence-electron chi connectivity index (χ1n) is 37.7. The number of hydrogen-bond donors (Lipinski definition) is 3. The van der Waals surface area contributed by atoms with Crippen LogP contribution in [0.5, 0.6) is 0 Å². The molecule has 0 aliphatic carbocycles. The Bertz CT molecular complexity index is 2520. The predicted octanol–water partition coefficient (Wildman–Crippen LogP) is 21.7. The molecule has 17 nitrogen and oxygen atoms in total. The maximum atomic E-state index is 13.1. The minimum Gasteiger partial charge on any atom is -0.462 e. The number of aliphatic hydroxyl groups is 1. The van der Waals surface area contributed by atoms with E-state index in [1.54, 1.807) is 0 Å². The number of phosphoric ester groups is 2. The Hall–Kier alpha value is -5.32. The van der Waals surface area contributed by atoms with Crippen molar-refractivity contribution in [2.24, 2.45) is 0 Å². The molecule has 0 rings (SSSR count). The number of carbonyl (C=O) groups excluding carboxylic acids is 4. The van der Waals surface area contributed by atoms with E-state index < -0.39 is 97.5 Å². The zero-order chi connectivity index (χ0) is 73.2. The second-order valence-electron chi connectivity index (χ2n) is 24.5. The fraction of sp³-hybridized carbons (Fsp3) is 0.630. The summed E-state index contributed by atoms with van der Waals surface area (Å²) in [5, 5.41) is 10.6. The Labute approximate surface area is 604 Å². The van der Waals surface area contributed by atoms with Crippen molar-refractivity contribution in [1.82, 2.24) is 0 Å². The third-order valence-electron chi connectivity index (χ3n) is 14.9. The van der Waals surface area contributed by atoms with Gasteiger partial charge in [-0.05, 0) is 154 Å². The van der Waals surface area contributed by atoms with E-state index >= 15 is 0 Å². The monoisotopic (exact) mass is 1440 g/mol. The Kier molecular flexibility index (Phi) is 68.2. The van der Waals surface area contributed by atoms with Gasteiger partial charge in [-0.1, -0.05) is 250 Å². The Balaban J connectivity index is 5.45. The molecule has 19 heteroatoms. The molecular formula is C81H132O17P2. The topological polar surface area (TPSA) is 237 Å². The van der Waals surface area contributed by atoms with Crippen LogP contribution in [0, 0.1) is 0 Å². The lowest BCUT2D eigenvalue weighted by atomic mass is 10.1. The van der Waals surface area contributed by atoms with E-state index in [1.165, 1.54) is 12.8 Å². The number of rotatable bonds is 69. The van der Waals surface area contributed by atoms with Crippen LogP contribution in [0.3, 0.4) is 0 Å².